The third-order valence-corrected chi connectivity index (χ3v) is 4.14. The van der Waals surface area contributed by atoms with Crippen LogP contribution in [0.1, 0.15) is 38.8 Å². The van der Waals surface area contributed by atoms with E-state index in [0.717, 1.165) is 19.3 Å². The van der Waals surface area contributed by atoms with Crippen LogP contribution < -0.4 is 10.6 Å². The Morgan fingerprint density at radius 2 is 2.33 bits per heavy atom. The zero-order valence-corrected chi connectivity index (χ0v) is 12.3. The van der Waals surface area contributed by atoms with Crippen LogP contribution in [0.4, 0.5) is 4.79 Å². The van der Waals surface area contributed by atoms with Gasteiger partial charge in [0, 0.05) is 24.4 Å². The quantitative estimate of drug-likeness (QED) is 0.656. The second kappa shape index (κ2) is 6.15. The van der Waals surface area contributed by atoms with Crippen LogP contribution >= 0.6 is 0 Å². The van der Waals surface area contributed by atoms with Crippen molar-refractivity contribution in [2.75, 3.05) is 0 Å². The van der Waals surface area contributed by atoms with E-state index in [1.54, 1.807) is 6.20 Å². The Kier molecular flexibility index (Phi) is 4.50. The maximum Gasteiger partial charge on any atom is 0.326 e. The minimum atomic E-state index is -1.06. The molecule has 2 amide bonds. The number of hydrogen-bond acceptors (Lipinski definition) is 3. The molecule has 0 bridgehead atoms. The summed E-state index contributed by atoms with van der Waals surface area (Å²) in [6.07, 6.45) is 6.28. The zero-order chi connectivity index (χ0) is 15.5. The van der Waals surface area contributed by atoms with E-state index in [0.29, 0.717) is 5.69 Å². The van der Waals surface area contributed by atoms with Crippen molar-refractivity contribution in [2.45, 2.75) is 51.6 Å². The molecule has 21 heavy (non-hydrogen) atoms. The molecule has 1 fully saturated rings. The summed E-state index contributed by atoms with van der Waals surface area (Å²) < 4.78 is 0. The molecule has 0 radical (unpaired) electrons. The van der Waals surface area contributed by atoms with Crippen molar-refractivity contribution >= 4 is 12.0 Å². The Hall–Kier alpha value is -2.05. The Bertz CT molecular complexity index is 498. The monoisotopic (exact) mass is 294 g/mol. The van der Waals surface area contributed by atoms with Crippen molar-refractivity contribution in [3.63, 3.8) is 0 Å². The van der Waals surface area contributed by atoms with Gasteiger partial charge in [-0.15, -0.1) is 0 Å². The summed E-state index contributed by atoms with van der Waals surface area (Å²) in [6, 6.07) is -1.32. The van der Waals surface area contributed by atoms with Crippen LogP contribution in [0.5, 0.6) is 0 Å². The van der Waals surface area contributed by atoms with Crippen LogP contribution in [-0.4, -0.2) is 39.2 Å². The molecule has 0 saturated heterocycles. The van der Waals surface area contributed by atoms with Gasteiger partial charge in [0.05, 0.1) is 6.33 Å². The summed E-state index contributed by atoms with van der Waals surface area (Å²) >= 11 is 0. The molecule has 1 aromatic heterocycles. The molecule has 116 valence electrons. The highest BCUT2D eigenvalue weighted by Crippen LogP contribution is 2.37. The number of carboxylic acid groups (broad SMARTS) is 1. The Morgan fingerprint density at radius 3 is 2.86 bits per heavy atom. The van der Waals surface area contributed by atoms with Crippen LogP contribution in [-0.2, 0) is 11.2 Å². The van der Waals surface area contributed by atoms with Crippen LogP contribution in [0, 0.1) is 5.41 Å². The largest absolute Gasteiger partial charge is 0.480 e. The number of rotatable bonds is 5. The molecule has 1 aromatic rings. The van der Waals surface area contributed by atoms with E-state index < -0.39 is 18.0 Å². The van der Waals surface area contributed by atoms with E-state index in [1.165, 1.54) is 6.33 Å². The minimum Gasteiger partial charge on any atom is -0.480 e. The highest BCUT2D eigenvalue weighted by Gasteiger charge is 2.35. The first kappa shape index (κ1) is 15.3. The topological polar surface area (TPSA) is 107 Å². The molecule has 1 aliphatic carbocycles. The van der Waals surface area contributed by atoms with E-state index >= 15 is 0 Å². The molecule has 1 saturated carbocycles. The van der Waals surface area contributed by atoms with Crippen molar-refractivity contribution < 1.29 is 14.7 Å². The summed E-state index contributed by atoms with van der Waals surface area (Å²) in [5.41, 5.74) is 0.725. The SMILES string of the molecule is CC1(C)CCCC1NC(=O)NC(Cc1cnc[nH]1)C(=O)O. The Morgan fingerprint density at radius 1 is 1.57 bits per heavy atom. The Labute approximate surface area is 123 Å². The molecule has 0 spiro atoms. The van der Waals surface area contributed by atoms with Crippen molar-refractivity contribution in [1.29, 1.82) is 0 Å². The molecular formula is C14H22N4O3. The number of H-pyrrole nitrogens is 1. The molecule has 2 atom stereocenters. The Balaban J connectivity index is 1.91. The maximum atomic E-state index is 12.0. The average Bonchev–Trinajstić information content (AvgIpc) is 2.99. The molecule has 7 nitrogen and oxygen atoms in total. The van der Waals surface area contributed by atoms with Gasteiger partial charge in [-0.25, -0.2) is 14.6 Å². The number of aromatic amines is 1. The zero-order valence-electron chi connectivity index (χ0n) is 12.3. The lowest BCUT2D eigenvalue weighted by Crippen LogP contribution is -2.51. The third-order valence-electron chi connectivity index (χ3n) is 4.14. The second-order valence-electron chi connectivity index (χ2n) is 6.22. The molecule has 2 rings (SSSR count). The lowest BCUT2D eigenvalue weighted by molar-refractivity contribution is -0.139. The number of hydrogen-bond donors (Lipinski definition) is 4. The number of urea groups is 1. The van der Waals surface area contributed by atoms with Crippen molar-refractivity contribution in [3.8, 4) is 0 Å². The smallest absolute Gasteiger partial charge is 0.326 e. The average molecular weight is 294 g/mol. The lowest BCUT2D eigenvalue weighted by Gasteiger charge is -2.28. The van der Waals surface area contributed by atoms with Gasteiger partial charge < -0.3 is 20.7 Å². The van der Waals surface area contributed by atoms with Crippen molar-refractivity contribution in [2.24, 2.45) is 5.41 Å². The highest BCUT2D eigenvalue weighted by molar-refractivity contribution is 5.82. The van der Waals surface area contributed by atoms with Gasteiger partial charge in [0.2, 0.25) is 0 Å². The van der Waals surface area contributed by atoms with Crippen molar-refractivity contribution in [3.05, 3.63) is 18.2 Å². The van der Waals surface area contributed by atoms with Crippen LogP contribution in [0.2, 0.25) is 0 Å². The fourth-order valence-electron chi connectivity index (χ4n) is 2.77. The molecule has 2 unspecified atom stereocenters. The number of imidazole rings is 1. The number of carbonyl (C=O) groups is 2. The highest BCUT2D eigenvalue weighted by atomic mass is 16.4. The first-order chi connectivity index (χ1) is 9.88. The normalized spacial score (nSPS) is 21.7. The standard InChI is InChI=1S/C14H22N4O3/c1-14(2)5-3-4-11(14)18-13(21)17-10(12(19)20)6-9-7-15-8-16-9/h7-8,10-11H,3-6H2,1-2H3,(H,15,16)(H,19,20)(H2,17,18,21). The predicted octanol–water partition coefficient (Wildman–Crippen LogP) is 1.28. The summed E-state index contributed by atoms with van der Waals surface area (Å²) in [5.74, 6) is -1.06. The molecular weight excluding hydrogens is 272 g/mol. The van der Waals surface area contributed by atoms with Crippen molar-refractivity contribution in [1.82, 2.24) is 20.6 Å². The van der Waals surface area contributed by atoms with Crippen LogP contribution in [0.3, 0.4) is 0 Å². The molecule has 1 aliphatic rings. The van der Waals surface area contributed by atoms with Gasteiger partial charge in [0.1, 0.15) is 6.04 Å². The van der Waals surface area contributed by atoms with Gasteiger partial charge in [0.15, 0.2) is 0 Å². The first-order valence-corrected chi connectivity index (χ1v) is 7.15. The van der Waals surface area contributed by atoms with E-state index in [1.807, 2.05) is 0 Å². The van der Waals surface area contributed by atoms with E-state index in [4.69, 9.17) is 0 Å². The van der Waals surface area contributed by atoms with Gasteiger partial charge in [0.25, 0.3) is 0 Å². The number of nitrogens with one attached hydrogen (secondary N) is 3. The van der Waals surface area contributed by atoms with Crippen LogP contribution in [0.15, 0.2) is 12.5 Å². The van der Waals surface area contributed by atoms with Gasteiger partial charge in [-0.1, -0.05) is 20.3 Å². The minimum absolute atomic E-state index is 0.0550. The molecule has 4 N–H and O–H groups in total. The van der Waals surface area contributed by atoms with E-state index in [2.05, 4.69) is 34.4 Å². The van der Waals surface area contributed by atoms with Crippen LogP contribution in [0.25, 0.3) is 0 Å². The van der Waals surface area contributed by atoms with Gasteiger partial charge in [-0.2, -0.15) is 0 Å². The molecule has 1 heterocycles. The summed E-state index contributed by atoms with van der Waals surface area (Å²) in [7, 11) is 0. The molecule has 7 heteroatoms. The fourth-order valence-corrected chi connectivity index (χ4v) is 2.77. The number of nitrogens with zero attached hydrogens (tertiary/aromatic N) is 1. The third kappa shape index (κ3) is 3.96. The number of amides is 2. The first-order valence-electron chi connectivity index (χ1n) is 7.15. The van der Waals surface area contributed by atoms with E-state index in [9.17, 15) is 14.7 Å². The number of aliphatic carboxylic acids is 1. The second-order valence-corrected chi connectivity index (χ2v) is 6.22. The van der Waals surface area contributed by atoms with Gasteiger partial charge in [-0.3, -0.25) is 0 Å². The summed E-state index contributed by atoms with van der Waals surface area (Å²) in [6.45, 7) is 4.23. The number of aromatic nitrogens is 2. The molecule has 0 aliphatic heterocycles. The summed E-state index contributed by atoms with van der Waals surface area (Å²) in [5, 5.41) is 14.6. The van der Waals surface area contributed by atoms with Gasteiger partial charge >= 0.3 is 12.0 Å². The maximum absolute atomic E-state index is 12.0. The predicted molar refractivity (Wildman–Crippen MR) is 76.8 cm³/mol. The van der Waals surface area contributed by atoms with Gasteiger partial charge in [-0.05, 0) is 18.3 Å². The fraction of sp³-hybridized carbons (Fsp3) is 0.643. The number of carboxylic acids is 1. The summed E-state index contributed by atoms with van der Waals surface area (Å²) in [4.78, 5) is 29.9. The lowest BCUT2D eigenvalue weighted by atomic mass is 9.87. The molecule has 0 aromatic carbocycles. The number of carbonyl (C=O) groups excluding carboxylic acids is 1. The van der Waals surface area contributed by atoms with E-state index in [-0.39, 0.29) is 17.9 Å².